The van der Waals surface area contributed by atoms with Crippen molar-refractivity contribution in [2.75, 3.05) is 26.1 Å². The maximum absolute atomic E-state index is 14.8. The summed E-state index contributed by atoms with van der Waals surface area (Å²) in [6, 6.07) is 15.8. The van der Waals surface area contributed by atoms with E-state index in [0.717, 1.165) is 0 Å². The summed E-state index contributed by atoms with van der Waals surface area (Å²) in [5.41, 5.74) is -0.0187. The molecule has 2 aromatic rings. The Kier molecular flexibility index (Phi) is 5.68. The van der Waals surface area contributed by atoms with E-state index in [1.165, 1.54) is 6.07 Å². The first-order valence-corrected chi connectivity index (χ1v) is 10.3. The Hall–Kier alpha value is -1.93. The lowest BCUT2D eigenvalue weighted by Crippen LogP contribution is -2.68. The molecule has 4 rings (SSSR count). The monoisotopic (exact) mass is 402 g/mol. The SMILES string of the molecule is CO[C@H]1COCC2(c3ccccc3F)NC(NC(=O)c3ccccc3)SCC12. The summed E-state index contributed by atoms with van der Waals surface area (Å²) in [5, 5.41) is 6.49. The van der Waals surface area contributed by atoms with E-state index in [1.807, 2.05) is 24.3 Å². The number of carbonyl (C=O) groups excluding carboxylic acids is 1. The van der Waals surface area contributed by atoms with Gasteiger partial charge in [0.05, 0.1) is 24.9 Å². The third-order valence-electron chi connectivity index (χ3n) is 5.48. The Bertz CT molecular complexity index is 837. The van der Waals surface area contributed by atoms with Gasteiger partial charge < -0.3 is 14.8 Å². The van der Waals surface area contributed by atoms with E-state index in [1.54, 1.807) is 43.1 Å². The number of nitrogens with one attached hydrogen (secondary N) is 2. The first-order chi connectivity index (χ1) is 13.6. The van der Waals surface area contributed by atoms with Gasteiger partial charge in [-0.3, -0.25) is 10.1 Å². The molecular weight excluding hydrogens is 379 g/mol. The van der Waals surface area contributed by atoms with Crippen LogP contribution in [0.25, 0.3) is 0 Å². The molecule has 2 aromatic carbocycles. The van der Waals surface area contributed by atoms with Gasteiger partial charge in [0.1, 0.15) is 11.3 Å². The highest BCUT2D eigenvalue weighted by molar-refractivity contribution is 7.99. The van der Waals surface area contributed by atoms with Gasteiger partial charge in [0.25, 0.3) is 5.91 Å². The van der Waals surface area contributed by atoms with E-state index < -0.39 is 5.54 Å². The molecule has 4 atom stereocenters. The number of methoxy groups -OCH3 is 1. The van der Waals surface area contributed by atoms with Gasteiger partial charge in [0.2, 0.25) is 0 Å². The lowest BCUT2D eigenvalue weighted by atomic mass is 9.74. The average molecular weight is 402 g/mol. The minimum absolute atomic E-state index is 0.0121. The molecule has 1 amide bonds. The van der Waals surface area contributed by atoms with Crippen LogP contribution in [0, 0.1) is 11.7 Å². The molecule has 2 heterocycles. The molecule has 5 nitrogen and oxygen atoms in total. The molecule has 0 saturated carbocycles. The summed E-state index contributed by atoms with van der Waals surface area (Å²) in [4.78, 5) is 12.6. The molecule has 0 aliphatic carbocycles. The molecule has 2 N–H and O–H groups in total. The van der Waals surface area contributed by atoms with Gasteiger partial charge in [0.15, 0.2) is 0 Å². The highest BCUT2D eigenvalue weighted by Crippen LogP contribution is 2.44. The molecular formula is C21H23FN2O3S. The Morgan fingerprint density at radius 3 is 2.75 bits per heavy atom. The van der Waals surface area contributed by atoms with Crippen LogP contribution in [-0.2, 0) is 15.0 Å². The third-order valence-corrected chi connectivity index (χ3v) is 6.60. The number of fused-ring (bicyclic) bond motifs is 1. The molecule has 2 aliphatic heterocycles. The summed E-state index contributed by atoms with van der Waals surface area (Å²) < 4.78 is 26.3. The molecule has 0 aromatic heterocycles. The van der Waals surface area contributed by atoms with Gasteiger partial charge in [-0.05, 0) is 18.2 Å². The number of halogens is 1. The fourth-order valence-corrected chi connectivity index (χ4v) is 5.41. The number of rotatable bonds is 4. The number of carbonyl (C=O) groups is 1. The summed E-state index contributed by atoms with van der Waals surface area (Å²) in [6.07, 6.45) is -0.154. The quantitative estimate of drug-likeness (QED) is 0.824. The van der Waals surface area contributed by atoms with E-state index in [9.17, 15) is 9.18 Å². The van der Waals surface area contributed by atoms with E-state index >= 15 is 0 Å². The van der Waals surface area contributed by atoms with Crippen LogP contribution >= 0.6 is 11.8 Å². The van der Waals surface area contributed by atoms with Crippen LogP contribution in [0.15, 0.2) is 54.6 Å². The standard InChI is InChI=1S/C21H23FN2O3S/c1-26-18-11-27-13-21(15-9-5-6-10-17(15)22)16(18)12-28-20(24-21)23-19(25)14-7-3-2-4-8-14/h2-10,16,18,20,24H,11-13H2,1H3,(H,23,25)/t16?,18-,20?,21?/m0/s1. The average Bonchev–Trinajstić information content (AvgIpc) is 2.73. The summed E-state index contributed by atoms with van der Waals surface area (Å²) in [5.74, 6) is 0.259. The normalized spacial score (nSPS) is 29.7. The zero-order chi connectivity index (χ0) is 19.6. The molecule has 0 spiro atoms. The van der Waals surface area contributed by atoms with Crippen LogP contribution in [-0.4, -0.2) is 43.6 Å². The molecule has 2 aliphatic rings. The van der Waals surface area contributed by atoms with Crippen molar-refractivity contribution in [3.63, 3.8) is 0 Å². The molecule has 3 unspecified atom stereocenters. The van der Waals surface area contributed by atoms with Gasteiger partial charge in [-0.25, -0.2) is 4.39 Å². The summed E-state index contributed by atoms with van der Waals surface area (Å²) >= 11 is 1.59. The van der Waals surface area contributed by atoms with Crippen LogP contribution in [0.3, 0.4) is 0 Å². The predicted molar refractivity (Wildman–Crippen MR) is 106 cm³/mol. The number of hydrogen-bond donors (Lipinski definition) is 2. The van der Waals surface area contributed by atoms with Crippen LogP contribution in [0.5, 0.6) is 0 Å². The number of ether oxygens (including phenoxy) is 2. The Morgan fingerprint density at radius 1 is 1.25 bits per heavy atom. The Labute approximate surface area is 168 Å². The van der Waals surface area contributed by atoms with E-state index in [4.69, 9.17) is 9.47 Å². The lowest BCUT2D eigenvalue weighted by Gasteiger charge is -2.52. The van der Waals surface area contributed by atoms with Crippen molar-refractivity contribution >= 4 is 17.7 Å². The van der Waals surface area contributed by atoms with Crippen molar-refractivity contribution in [2.24, 2.45) is 5.92 Å². The zero-order valence-electron chi connectivity index (χ0n) is 15.6. The van der Waals surface area contributed by atoms with Gasteiger partial charge >= 0.3 is 0 Å². The molecule has 7 heteroatoms. The smallest absolute Gasteiger partial charge is 0.253 e. The zero-order valence-corrected chi connectivity index (χ0v) is 16.4. The Balaban J connectivity index is 1.63. The van der Waals surface area contributed by atoms with Gasteiger partial charge in [-0.15, -0.1) is 11.8 Å². The van der Waals surface area contributed by atoms with Crippen molar-refractivity contribution in [3.05, 3.63) is 71.5 Å². The number of benzene rings is 2. The van der Waals surface area contributed by atoms with Crippen LogP contribution in [0.1, 0.15) is 15.9 Å². The van der Waals surface area contributed by atoms with E-state index in [0.29, 0.717) is 30.1 Å². The van der Waals surface area contributed by atoms with Crippen molar-refractivity contribution in [3.8, 4) is 0 Å². The molecule has 148 valence electrons. The van der Waals surface area contributed by atoms with Crippen LogP contribution in [0.2, 0.25) is 0 Å². The first-order valence-electron chi connectivity index (χ1n) is 9.25. The van der Waals surface area contributed by atoms with Gasteiger partial charge in [-0.2, -0.15) is 0 Å². The van der Waals surface area contributed by atoms with Crippen molar-refractivity contribution in [2.45, 2.75) is 17.1 Å². The number of hydrogen-bond acceptors (Lipinski definition) is 5. The van der Waals surface area contributed by atoms with Gasteiger partial charge in [-0.1, -0.05) is 36.4 Å². The number of amides is 1. The largest absolute Gasteiger partial charge is 0.379 e. The van der Waals surface area contributed by atoms with Crippen LogP contribution < -0.4 is 10.6 Å². The second kappa shape index (κ2) is 8.21. The second-order valence-electron chi connectivity index (χ2n) is 7.04. The third kappa shape index (κ3) is 3.55. The van der Waals surface area contributed by atoms with Crippen LogP contribution in [0.4, 0.5) is 4.39 Å². The Morgan fingerprint density at radius 2 is 2.00 bits per heavy atom. The van der Waals surface area contributed by atoms with Crippen molar-refractivity contribution in [1.29, 1.82) is 0 Å². The first kappa shape index (κ1) is 19.4. The van der Waals surface area contributed by atoms with Gasteiger partial charge in [0, 0.05) is 29.9 Å². The summed E-state index contributed by atoms with van der Waals surface area (Å²) in [7, 11) is 1.65. The second-order valence-corrected chi connectivity index (χ2v) is 8.18. The minimum atomic E-state index is -0.774. The topological polar surface area (TPSA) is 59.6 Å². The molecule has 28 heavy (non-hydrogen) atoms. The summed E-state index contributed by atoms with van der Waals surface area (Å²) in [6.45, 7) is 0.789. The lowest BCUT2D eigenvalue weighted by molar-refractivity contribution is -0.117. The minimum Gasteiger partial charge on any atom is -0.379 e. The van der Waals surface area contributed by atoms with E-state index in [2.05, 4.69) is 10.6 Å². The number of thioether (sulfide) groups is 1. The molecule has 2 fully saturated rings. The fraction of sp³-hybridized carbons (Fsp3) is 0.381. The highest BCUT2D eigenvalue weighted by Gasteiger charge is 2.53. The highest BCUT2D eigenvalue weighted by atomic mass is 32.2. The van der Waals surface area contributed by atoms with Crippen molar-refractivity contribution < 1.29 is 18.7 Å². The van der Waals surface area contributed by atoms with Crippen molar-refractivity contribution in [1.82, 2.24) is 10.6 Å². The maximum Gasteiger partial charge on any atom is 0.253 e. The molecule has 0 radical (unpaired) electrons. The molecule has 2 saturated heterocycles. The predicted octanol–water partition coefficient (Wildman–Crippen LogP) is 2.73. The van der Waals surface area contributed by atoms with E-state index in [-0.39, 0.29) is 29.2 Å². The fourth-order valence-electron chi connectivity index (χ4n) is 4.03. The molecule has 0 bridgehead atoms. The maximum atomic E-state index is 14.8.